The fourth-order valence-electron chi connectivity index (χ4n) is 3.24. The van der Waals surface area contributed by atoms with Crippen LogP contribution >= 0.6 is 0 Å². The molecule has 132 valence electrons. The lowest BCUT2D eigenvalue weighted by Gasteiger charge is -2.31. The van der Waals surface area contributed by atoms with Crippen LogP contribution in [0.15, 0.2) is 53.4 Å². The van der Waals surface area contributed by atoms with Crippen molar-refractivity contribution in [2.45, 2.75) is 24.7 Å². The molecule has 0 bridgehead atoms. The summed E-state index contributed by atoms with van der Waals surface area (Å²) in [7, 11) is -3.67. The average Bonchev–Trinajstić information content (AvgIpc) is 2.61. The molecule has 1 aliphatic rings. The number of sulfonamides is 1. The van der Waals surface area contributed by atoms with Crippen LogP contribution in [0, 0.1) is 18.7 Å². The zero-order valence-corrected chi connectivity index (χ0v) is 14.8. The first-order valence-electron chi connectivity index (χ1n) is 8.25. The molecule has 4 nitrogen and oxygen atoms in total. The van der Waals surface area contributed by atoms with Crippen molar-refractivity contribution in [2.75, 3.05) is 13.1 Å². The number of benzene rings is 2. The zero-order chi connectivity index (χ0) is 18.0. The van der Waals surface area contributed by atoms with Gasteiger partial charge in [0.25, 0.3) is 0 Å². The number of nitrogens with zero attached hydrogens (tertiary/aromatic N) is 1. The SMILES string of the molecule is Cc1cc(F)ccc1S(=O)(=O)N1CCC(C(=O)c2ccccc2)CC1. The number of ketones is 1. The summed E-state index contributed by atoms with van der Waals surface area (Å²) in [5.74, 6) is -0.553. The molecule has 1 aliphatic heterocycles. The second-order valence-electron chi connectivity index (χ2n) is 6.32. The van der Waals surface area contributed by atoms with Gasteiger partial charge >= 0.3 is 0 Å². The Bertz CT molecular complexity index is 873. The number of carbonyl (C=O) groups excluding carboxylic acids is 1. The highest BCUT2D eigenvalue weighted by molar-refractivity contribution is 7.89. The lowest BCUT2D eigenvalue weighted by atomic mass is 9.90. The van der Waals surface area contributed by atoms with Gasteiger partial charge in [0, 0.05) is 24.6 Å². The minimum atomic E-state index is -3.67. The summed E-state index contributed by atoms with van der Waals surface area (Å²) >= 11 is 0. The van der Waals surface area contributed by atoms with E-state index in [-0.39, 0.29) is 16.6 Å². The fourth-order valence-corrected chi connectivity index (χ4v) is 4.91. The molecule has 0 unspecified atom stereocenters. The third kappa shape index (κ3) is 3.65. The first kappa shape index (κ1) is 17.8. The monoisotopic (exact) mass is 361 g/mol. The van der Waals surface area contributed by atoms with Gasteiger partial charge in [-0.1, -0.05) is 30.3 Å². The number of hydrogen-bond donors (Lipinski definition) is 0. The quantitative estimate of drug-likeness (QED) is 0.784. The number of hydrogen-bond acceptors (Lipinski definition) is 3. The number of rotatable bonds is 4. The van der Waals surface area contributed by atoms with Gasteiger partial charge in [0.1, 0.15) is 5.82 Å². The van der Waals surface area contributed by atoms with E-state index in [1.807, 2.05) is 18.2 Å². The Balaban J connectivity index is 1.72. The van der Waals surface area contributed by atoms with E-state index in [1.54, 1.807) is 19.1 Å². The highest BCUT2D eigenvalue weighted by Crippen LogP contribution is 2.27. The van der Waals surface area contributed by atoms with Crippen LogP contribution in [0.5, 0.6) is 0 Å². The molecule has 0 aliphatic carbocycles. The molecule has 0 N–H and O–H groups in total. The van der Waals surface area contributed by atoms with E-state index in [0.717, 1.165) is 6.07 Å². The van der Waals surface area contributed by atoms with Gasteiger partial charge in [0.05, 0.1) is 4.90 Å². The van der Waals surface area contributed by atoms with E-state index in [4.69, 9.17) is 0 Å². The molecule has 1 fully saturated rings. The highest BCUT2D eigenvalue weighted by Gasteiger charge is 2.33. The average molecular weight is 361 g/mol. The van der Waals surface area contributed by atoms with E-state index in [9.17, 15) is 17.6 Å². The summed E-state index contributed by atoms with van der Waals surface area (Å²) < 4.78 is 40.2. The van der Waals surface area contributed by atoms with E-state index in [1.165, 1.54) is 16.4 Å². The van der Waals surface area contributed by atoms with Crippen molar-refractivity contribution < 1.29 is 17.6 Å². The maximum absolute atomic E-state index is 13.2. The van der Waals surface area contributed by atoms with Crippen molar-refractivity contribution in [3.8, 4) is 0 Å². The molecule has 1 saturated heterocycles. The second kappa shape index (κ2) is 7.06. The van der Waals surface area contributed by atoms with Crippen LogP contribution in [0.1, 0.15) is 28.8 Å². The summed E-state index contributed by atoms with van der Waals surface area (Å²) in [5, 5.41) is 0. The van der Waals surface area contributed by atoms with Crippen molar-refractivity contribution in [3.05, 3.63) is 65.5 Å². The number of halogens is 1. The van der Waals surface area contributed by atoms with Gasteiger partial charge in [-0.25, -0.2) is 12.8 Å². The van der Waals surface area contributed by atoms with Crippen LogP contribution in [0.2, 0.25) is 0 Å². The predicted octanol–water partition coefficient (Wildman–Crippen LogP) is 3.42. The standard InChI is InChI=1S/C19H20FNO3S/c1-14-13-17(20)7-8-18(14)25(23,24)21-11-9-16(10-12-21)19(22)15-5-3-2-4-6-15/h2-8,13,16H,9-12H2,1H3. The minimum absolute atomic E-state index is 0.0654. The molecule has 3 rings (SSSR count). The summed E-state index contributed by atoms with van der Waals surface area (Å²) in [6.07, 6.45) is 0.987. The minimum Gasteiger partial charge on any atom is -0.294 e. The van der Waals surface area contributed by atoms with Gasteiger partial charge < -0.3 is 0 Å². The molecule has 0 radical (unpaired) electrons. The van der Waals surface area contributed by atoms with Crippen LogP contribution in [0.25, 0.3) is 0 Å². The van der Waals surface area contributed by atoms with Crippen LogP contribution in [0.3, 0.4) is 0 Å². The van der Waals surface area contributed by atoms with Crippen LogP contribution in [0.4, 0.5) is 4.39 Å². The zero-order valence-electron chi connectivity index (χ0n) is 14.0. The van der Waals surface area contributed by atoms with Crippen molar-refractivity contribution in [3.63, 3.8) is 0 Å². The molecule has 25 heavy (non-hydrogen) atoms. The lowest BCUT2D eigenvalue weighted by Crippen LogP contribution is -2.40. The Morgan fingerprint density at radius 2 is 1.72 bits per heavy atom. The third-order valence-electron chi connectivity index (χ3n) is 4.64. The first-order chi connectivity index (χ1) is 11.9. The molecule has 0 spiro atoms. The molecule has 2 aromatic carbocycles. The Labute approximate surface area is 147 Å². The predicted molar refractivity (Wildman–Crippen MR) is 93.4 cm³/mol. The first-order valence-corrected chi connectivity index (χ1v) is 9.69. The van der Waals surface area contributed by atoms with E-state index < -0.39 is 15.8 Å². The summed E-state index contributed by atoms with van der Waals surface area (Å²) in [6.45, 7) is 2.17. The highest BCUT2D eigenvalue weighted by atomic mass is 32.2. The van der Waals surface area contributed by atoms with Crippen molar-refractivity contribution in [1.29, 1.82) is 0 Å². The number of carbonyl (C=O) groups is 1. The molecule has 0 saturated carbocycles. The van der Waals surface area contributed by atoms with E-state index >= 15 is 0 Å². The maximum atomic E-state index is 13.2. The van der Waals surface area contributed by atoms with Gasteiger partial charge in [-0.15, -0.1) is 0 Å². The van der Waals surface area contributed by atoms with E-state index in [2.05, 4.69) is 0 Å². The Morgan fingerprint density at radius 3 is 2.32 bits per heavy atom. The summed E-state index contributed by atoms with van der Waals surface area (Å²) in [6, 6.07) is 12.8. The molecule has 0 atom stereocenters. The number of aryl methyl sites for hydroxylation is 1. The van der Waals surface area contributed by atoms with Crippen LogP contribution in [-0.4, -0.2) is 31.6 Å². The normalized spacial score (nSPS) is 16.7. The second-order valence-corrected chi connectivity index (χ2v) is 8.22. The van der Waals surface area contributed by atoms with Crippen molar-refractivity contribution in [2.24, 2.45) is 5.92 Å². The molecule has 0 aromatic heterocycles. The van der Waals surface area contributed by atoms with Crippen molar-refractivity contribution >= 4 is 15.8 Å². The lowest BCUT2D eigenvalue weighted by molar-refractivity contribution is 0.0875. The molecular formula is C19H20FNO3S. The van der Waals surface area contributed by atoms with Gasteiger partial charge in [0.2, 0.25) is 10.0 Å². The topological polar surface area (TPSA) is 54.5 Å². The van der Waals surface area contributed by atoms with E-state index in [0.29, 0.717) is 37.1 Å². The summed E-state index contributed by atoms with van der Waals surface area (Å²) in [5.41, 5.74) is 1.06. The third-order valence-corrected chi connectivity index (χ3v) is 6.70. The summed E-state index contributed by atoms with van der Waals surface area (Å²) in [4.78, 5) is 12.6. The van der Waals surface area contributed by atoms with Gasteiger partial charge in [0.15, 0.2) is 5.78 Å². The van der Waals surface area contributed by atoms with Gasteiger partial charge in [-0.2, -0.15) is 4.31 Å². The number of Topliss-reactive ketones (excluding diaryl/α,β-unsaturated/α-hetero) is 1. The fraction of sp³-hybridized carbons (Fsp3) is 0.316. The Morgan fingerprint density at radius 1 is 1.08 bits per heavy atom. The van der Waals surface area contributed by atoms with Gasteiger partial charge in [-0.3, -0.25) is 4.79 Å². The largest absolute Gasteiger partial charge is 0.294 e. The van der Waals surface area contributed by atoms with Crippen LogP contribution < -0.4 is 0 Å². The molecular weight excluding hydrogens is 341 g/mol. The maximum Gasteiger partial charge on any atom is 0.243 e. The molecule has 2 aromatic rings. The van der Waals surface area contributed by atoms with Crippen LogP contribution in [-0.2, 0) is 10.0 Å². The Kier molecular flexibility index (Phi) is 5.01. The Hall–Kier alpha value is -2.05. The molecule has 6 heteroatoms. The smallest absolute Gasteiger partial charge is 0.243 e. The molecule has 1 heterocycles. The molecule has 0 amide bonds. The number of piperidine rings is 1. The van der Waals surface area contributed by atoms with Gasteiger partial charge in [-0.05, 0) is 43.5 Å². The van der Waals surface area contributed by atoms with Crippen molar-refractivity contribution in [1.82, 2.24) is 4.31 Å².